The molecular formula is C13H20FNO3S. The van der Waals surface area contributed by atoms with Crippen molar-refractivity contribution < 1.29 is 17.5 Å². The van der Waals surface area contributed by atoms with Crippen LogP contribution in [0.2, 0.25) is 0 Å². The Balaban J connectivity index is 2.68. The summed E-state index contributed by atoms with van der Waals surface area (Å²) in [5, 5.41) is 0. The summed E-state index contributed by atoms with van der Waals surface area (Å²) >= 11 is 0. The third-order valence-electron chi connectivity index (χ3n) is 2.63. The van der Waals surface area contributed by atoms with Crippen LogP contribution in [0.15, 0.2) is 18.2 Å². The molecule has 2 N–H and O–H groups in total. The van der Waals surface area contributed by atoms with Gasteiger partial charge in [-0.2, -0.15) is 0 Å². The smallest absolute Gasteiger partial charge is 0.153 e. The quantitative estimate of drug-likeness (QED) is 0.834. The van der Waals surface area contributed by atoms with Gasteiger partial charge in [0.15, 0.2) is 9.84 Å². The van der Waals surface area contributed by atoms with Gasteiger partial charge in [-0.1, -0.05) is 6.92 Å². The second-order valence-corrected chi connectivity index (χ2v) is 6.77. The number of ether oxygens (including phenoxy) is 1. The first-order valence-electron chi connectivity index (χ1n) is 6.24. The number of benzene rings is 1. The molecule has 0 aliphatic carbocycles. The summed E-state index contributed by atoms with van der Waals surface area (Å²) in [4.78, 5) is 0. The maximum Gasteiger partial charge on any atom is 0.153 e. The highest BCUT2D eigenvalue weighted by atomic mass is 32.2. The number of sulfone groups is 1. The molecule has 0 aliphatic heterocycles. The lowest BCUT2D eigenvalue weighted by Crippen LogP contribution is -2.18. The van der Waals surface area contributed by atoms with Gasteiger partial charge in [0.05, 0.1) is 11.5 Å². The SMILES string of the molecule is CCCS(=O)(=O)CCOc1ccc(F)cc1[C@@H](C)N. The monoisotopic (exact) mass is 289 g/mol. The van der Waals surface area contributed by atoms with Gasteiger partial charge >= 0.3 is 0 Å². The summed E-state index contributed by atoms with van der Waals surface area (Å²) in [6, 6.07) is 3.67. The van der Waals surface area contributed by atoms with Crippen molar-refractivity contribution >= 4 is 9.84 Å². The zero-order chi connectivity index (χ0) is 14.5. The predicted octanol–water partition coefficient (Wildman–Crippen LogP) is 2.05. The number of hydrogen-bond donors (Lipinski definition) is 1. The minimum atomic E-state index is -3.07. The molecule has 0 spiro atoms. The summed E-state index contributed by atoms with van der Waals surface area (Å²) in [6.45, 7) is 3.58. The van der Waals surface area contributed by atoms with E-state index in [0.717, 1.165) is 0 Å². The van der Waals surface area contributed by atoms with Crippen molar-refractivity contribution in [3.8, 4) is 5.75 Å². The first-order valence-corrected chi connectivity index (χ1v) is 8.06. The van der Waals surface area contributed by atoms with Crippen LogP contribution < -0.4 is 10.5 Å². The third-order valence-corrected chi connectivity index (χ3v) is 4.45. The molecule has 108 valence electrons. The fourth-order valence-corrected chi connectivity index (χ4v) is 2.86. The van der Waals surface area contributed by atoms with Crippen LogP contribution in [-0.4, -0.2) is 26.5 Å². The maximum absolute atomic E-state index is 13.1. The Morgan fingerprint density at radius 1 is 1.37 bits per heavy atom. The zero-order valence-corrected chi connectivity index (χ0v) is 12.0. The van der Waals surface area contributed by atoms with E-state index in [0.29, 0.717) is 17.7 Å². The van der Waals surface area contributed by atoms with Crippen LogP contribution in [0.4, 0.5) is 4.39 Å². The van der Waals surface area contributed by atoms with Crippen molar-refractivity contribution in [2.75, 3.05) is 18.1 Å². The molecule has 0 radical (unpaired) electrons. The lowest BCUT2D eigenvalue weighted by atomic mass is 10.1. The minimum absolute atomic E-state index is 0.0450. The standard InChI is InChI=1S/C13H20FNO3S/c1-3-7-19(16,17)8-6-18-13-5-4-11(14)9-12(13)10(2)15/h4-5,9-10H,3,6-8,15H2,1-2H3/t10-/m1/s1. The fourth-order valence-electron chi connectivity index (χ4n) is 1.70. The average Bonchev–Trinajstić information content (AvgIpc) is 2.30. The number of hydrogen-bond acceptors (Lipinski definition) is 4. The van der Waals surface area contributed by atoms with Crippen LogP contribution >= 0.6 is 0 Å². The Morgan fingerprint density at radius 2 is 2.05 bits per heavy atom. The molecular weight excluding hydrogens is 269 g/mol. The van der Waals surface area contributed by atoms with E-state index in [1.165, 1.54) is 18.2 Å². The van der Waals surface area contributed by atoms with Gasteiger partial charge < -0.3 is 10.5 Å². The third kappa shape index (κ3) is 5.16. The van der Waals surface area contributed by atoms with Crippen molar-refractivity contribution in [3.05, 3.63) is 29.6 Å². The first kappa shape index (κ1) is 15.9. The Bertz CT molecular complexity index is 515. The molecule has 0 unspecified atom stereocenters. The summed E-state index contributed by atoms with van der Waals surface area (Å²) in [6.07, 6.45) is 0.587. The highest BCUT2D eigenvalue weighted by molar-refractivity contribution is 7.91. The Hall–Kier alpha value is -1.14. The molecule has 19 heavy (non-hydrogen) atoms. The number of halogens is 1. The predicted molar refractivity (Wildman–Crippen MR) is 73.4 cm³/mol. The van der Waals surface area contributed by atoms with Crippen LogP contribution in [0.1, 0.15) is 31.9 Å². The fraction of sp³-hybridized carbons (Fsp3) is 0.538. The molecule has 1 atom stereocenters. The summed E-state index contributed by atoms with van der Waals surface area (Å²) in [5.74, 6) is 0.151. The summed E-state index contributed by atoms with van der Waals surface area (Å²) in [5.41, 5.74) is 6.26. The number of nitrogens with two attached hydrogens (primary N) is 1. The lowest BCUT2D eigenvalue weighted by molar-refractivity contribution is 0.334. The van der Waals surface area contributed by atoms with Gasteiger partial charge in [-0.05, 0) is 31.5 Å². The molecule has 0 saturated heterocycles. The van der Waals surface area contributed by atoms with Gasteiger partial charge in [0.25, 0.3) is 0 Å². The van der Waals surface area contributed by atoms with Crippen LogP contribution in [0.25, 0.3) is 0 Å². The van der Waals surface area contributed by atoms with Gasteiger partial charge in [-0.3, -0.25) is 0 Å². The van der Waals surface area contributed by atoms with Gasteiger partial charge in [0, 0.05) is 11.6 Å². The molecule has 1 aromatic carbocycles. The molecule has 1 aromatic rings. The van der Waals surface area contributed by atoms with Gasteiger partial charge in [-0.15, -0.1) is 0 Å². The van der Waals surface area contributed by atoms with E-state index >= 15 is 0 Å². The van der Waals surface area contributed by atoms with Crippen LogP contribution in [-0.2, 0) is 9.84 Å². The summed E-state index contributed by atoms with van der Waals surface area (Å²) < 4.78 is 41.6. The van der Waals surface area contributed by atoms with Gasteiger partial charge in [-0.25, -0.2) is 12.8 Å². The van der Waals surface area contributed by atoms with Crippen molar-refractivity contribution in [2.45, 2.75) is 26.3 Å². The average molecular weight is 289 g/mol. The molecule has 0 aliphatic rings. The van der Waals surface area contributed by atoms with Crippen LogP contribution in [0.5, 0.6) is 5.75 Å². The van der Waals surface area contributed by atoms with E-state index in [9.17, 15) is 12.8 Å². The second-order valence-electron chi connectivity index (χ2n) is 4.47. The molecule has 0 bridgehead atoms. The highest BCUT2D eigenvalue weighted by Crippen LogP contribution is 2.24. The molecule has 6 heteroatoms. The van der Waals surface area contributed by atoms with E-state index in [-0.39, 0.29) is 24.2 Å². The molecule has 0 saturated carbocycles. The normalized spacial score (nSPS) is 13.3. The van der Waals surface area contributed by atoms with Crippen molar-refractivity contribution in [3.63, 3.8) is 0 Å². The van der Waals surface area contributed by atoms with E-state index in [2.05, 4.69) is 0 Å². The lowest BCUT2D eigenvalue weighted by Gasteiger charge is -2.14. The first-order chi connectivity index (χ1) is 8.85. The number of rotatable bonds is 7. The van der Waals surface area contributed by atoms with E-state index in [4.69, 9.17) is 10.5 Å². The Labute approximate surface area is 113 Å². The summed E-state index contributed by atoms with van der Waals surface area (Å²) in [7, 11) is -3.07. The van der Waals surface area contributed by atoms with E-state index < -0.39 is 15.7 Å². The topological polar surface area (TPSA) is 69.4 Å². The molecule has 0 heterocycles. The zero-order valence-electron chi connectivity index (χ0n) is 11.2. The Morgan fingerprint density at radius 3 is 2.63 bits per heavy atom. The van der Waals surface area contributed by atoms with Crippen molar-refractivity contribution in [2.24, 2.45) is 5.73 Å². The highest BCUT2D eigenvalue weighted by Gasteiger charge is 2.12. The molecule has 1 rings (SSSR count). The molecule has 0 amide bonds. The minimum Gasteiger partial charge on any atom is -0.492 e. The molecule has 4 nitrogen and oxygen atoms in total. The maximum atomic E-state index is 13.1. The van der Waals surface area contributed by atoms with Crippen LogP contribution in [0.3, 0.4) is 0 Å². The van der Waals surface area contributed by atoms with Crippen LogP contribution in [0, 0.1) is 5.82 Å². The van der Waals surface area contributed by atoms with E-state index in [1.807, 2.05) is 6.92 Å². The second kappa shape index (κ2) is 6.86. The molecule has 0 aromatic heterocycles. The van der Waals surface area contributed by atoms with Crippen molar-refractivity contribution in [1.29, 1.82) is 0 Å². The van der Waals surface area contributed by atoms with Gasteiger partial charge in [0.2, 0.25) is 0 Å². The van der Waals surface area contributed by atoms with E-state index in [1.54, 1.807) is 6.92 Å². The molecule has 0 fully saturated rings. The Kier molecular flexibility index (Phi) is 5.75. The largest absolute Gasteiger partial charge is 0.492 e. The van der Waals surface area contributed by atoms with Crippen molar-refractivity contribution in [1.82, 2.24) is 0 Å². The van der Waals surface area contributed by atoms with Gasteiger partial charge in [0.1, 0.15) is 18.2 Å².